The zero-order valence-corrected chi connectivity index (χ0v) is 9.37. The lowest BCUT2D eigenvalue weighted by molar-refractivity contribution is -0.137. The van der Waals surface area contributed by atoms with E-state index in [1.54, 1.807) is 0 Å². The fraction of sp³-hybridized carbons (Fsp3) is 0.667. The summed E-state index contributed by atoms with van der Waals surface area (Å²) in [6, 6.07) is 0. The van der Waals surface area contributed by atoms with Crippen molar-refractivity contribution in [1.29, 1.82) is 0 Å². The summed E-state index contributed by atoms with van der Waals surface area (Å²) in [7, 11) is 0. The van der Waals surface area contributed by atoms with Gasteiger partial charge in [0.25, 0.3) is 0 Å². The van der Waals surface area contributed by atoms with Gasteiger partial charge < -0.3 is 5.73 Å². The molecule has 0 bridgehead atoms. The Balaban J connectivity index is 3.03. The van der Waals surface area contributed by atoms with Crippen LogP contribution in [0.4, 0.5) is 13.2 Å². The Bertz CT molecular complexity index is 328. The van der Waals surface area contributed by atoms with E-state index in [9.17, 15) is 13.2 Å². The van der Waals surface area contributed by atoms with E-state index < -0.39 is 16.7 Å². The lowest BCUT2D eigenvalue weighted by atomic mass is 9.91. The van der Waals surface area contributed by atoms with Crippen LogP contribution in [0.3, 0.4) is 0 Å². The molecule has 0 aliphatic heterocycles. The SMILES string of the molecule is CCC(N)(CC)c1csc(C(F)(F)F)n1. The number of hydrogen-bond acceptors (Lipinski definition) is 3. The molecule has 0 aliphatic rings. The largest absolute Gasteiger partial charge is 0.443 e. The number of rotatable bonds is 3. The lowest BCUT2D eigenvalue weighted by Crippen LogP contribution is -2.35. The van der Waals surface area contributed by atoms with Crippen molar-refractivity contribution >= 4 is 11.3 Å². The molecule has 2 N–H and O–H groups in total. The summed E-state index contributed by atoms with van der Waals surface area (Å²) in [5, 5.41) is 0.574. The first-order chi connectivity index (χ1) is 6.83. The Morgan fingerprint density at radius 2 is 1.87 bits per heavy atom. The number of hydrogen-bond donors (Lipinski definition) is 1. The topological polar surface area (TPSA) is 38.9 Å². The highest BCUT2D eigenvalue weighted by atomic mass is 32.1. The summed E-state index contributed by atoms with van der Waals surface area (Å²) < 4.78 is 36.9. The first-order valence-corrected chi connectivity index (χ1v) is 5.53. The summed E-state index contributed by atoms with van der Waals surface area (Å²) in [5.41, 5.74) is 5.55. The van der Waals surface area contributed by atoms with Gasteiger partial charge in [-0.15, -0.1) is 11.3 Å². The number of thiazole rings is 1. The van der Waals surface area contributed by atoms with E-state index in [1.807, 2.05) is 13.8 Å². The van der Waals surface area contributed by atoms with Crippen molar-refractivity contribution in [1.82, 2.24) is 4.98 Å². The first kappa shape index (κ1) is 12.4. The van der Waals surface area contributed by atoms with Crippen LogP contribution in [0.5, 0.6) is 0 Å². The molecule has 1 aromatic rings. The van der Waals surface area contributed by atoms with Crippen LogP contribution in [0.2, 0.25) is 0 Å². The standard InChI is InChI=1S/C9H13F3N2S/c1-3-8(13,4-2)6-5-15-7(14-6)9(10,11)12/h5H,3-4,13H2,1-2H3. The maximum absolute atomic E-state index is 12.3. The predicted molar refractivity (Wildman–Crippen MR) is 53.6 cm³/mol. The minimum atomic E-state index is -4.37. The molecule has 86 valence electrons. The first-order valence-electron chi connectivity index (χ1n) is 4.65. The van der Waals surface area contributed by atoms with E-state index in [0.717, 1.165) is 0 Å². The van der Waals surface area contributed by atoms with Gasteiger partial charge in [0.05, 0.1) is 11.2 Å². The zero-order valence-electron chi connectivity index (χ0n) is 8.56. The Morgan fingerprint density at radius 1 is 1.33 bits per heavy atom. The van der Waals surface area contributed by atoms with Crippen molar-refractivity contribution in [3.63, 3.8) is 0 Å². The second-order valence-corrected chi connectivity index (χ2v) is 4.26. The van der Waals surface area contributed by atoms with Gasteiger partial charge in [-0.1, -0.05) is 13.8 Å². The van der Waals surface area contributed by atoms with Gasteiger partial charge in [-0.25, -0.2) is 4.98 Å². The molecule has 1 aromatic heterocycles. The van der Waals surface area contributed by atoms with E-state index in [4.69, 9.17) is 5.73 Å². The minimum Gasteiger partial charge on any atom is -0.320 e. The summed E-state index contributed by atoms with van der Waals surface area (Å²) in [4.78, 5) is 3.56. The fourth-order valence-electron chi connectivity index (χ4n) is 1.24. The monoisotopic (exact) mass is 238 g/mol. The van der Waals surface area contributed by atoms with Gasteiger partial charge in [0.2, 0.25) is 0 Å². The predicted octanol–water partition coefficient (Wildman–Crippen LogP) is 3.14. The fourth-order valence-corrected chi connectivity index (χ4v) is 2.04. The molecule has 0 saturated carbocycles. The molecular formula is C9H13F3N2S. The third kappa shape index (κ3) is 2.49. The molecule has 1 rings (SSSR count). The summed E-state index contributed by atoms with van der Waals surface area (Å²) in [5.74, 6) is 0. The highest BCUT2D eigenvalue weighted by Crippen LogP contribution is 2.35. The van der Waals surface area contributed by atoms with Crippen molar-refractivity contribution in [2.24, 2.45) is 5.73 Å². The van der Waals surface area contributed by atoms with Crippen LogP contribution in [-0.2, 0) is 11.7 Å². The molecule has 0 amide bonds. The maximum atomic E-state index is 12.3. The number of alkyl halides is 3. The van der Waals surface area contributed by atoms with E-state index in [1.165, 1.54) is 5.38 Å². The molecule has 2 nitrogen and oxygen atoms in total. The Kier molecular flexibility index (Phi) is 3.40. The van der Waals surface area contributed by atoms with Gasteiger partial charge in [0.1, 0.15) is 0 Å². The van der Waals surface area contributed by atoms with Crippen molar-refractivity contribution in [2.45, 2.75) is 38.4 Å². The molecule has 0 fully saturated rings. The van der Waals surface area contributed by atoms with Gasteiger partial charge in [0.15, 0.2) is 5.01 Å². The third-order valence-corrected chi connectivity index (χ3v) is 3.41. The second-order valence-electron chi connectivity index (χ2n) is 3.40. The molecule has 15 heavy (non-hydrogen) atoms. The molecule has 0 spiro atoms. The molecule has 0 aliphatic carbocycles. The Labute approximate surface area is 90.3 Å². The lowest BCUT2D eigenvalue weighted by Gasteiger charge is -2.24. The van der Waals surface area contributed by atoms with Crippen LogP contribution < -0.4 is 5.73 Å². The van der Waals surface area contributed by atoms with Crippen LogP contribution in [0, 0.1) is 0 Å². The van der Waals surface area contributed by atoms with Crippen molar-refractivity contribution in [3.8, 4) is 0 Å². The Morgan fingerprint density at radius 3 is 2.20 bits per heavy atom. The van der Waals surface area contributed by atoms with Gasteiger partial charge in [0, 0.05) is 5.38 Å². The van der Waals surface area contributed by atoms with E-state index in [0.29, 0.717) is 29.9 Å². The van der Waals surface area contributed by atoms with Crippen LogP contribution in [0.25, 0.3) is 0 Å². The highest BCUT2D eigenvalue weighted by Gasteiger charge is 2.36. The van der Waals surface area contributed by atoms with Crippen molar-refractivity contribution in [2.75, 3.05) is 0 Å². The third-order valence-electron chi connectivity index (χ3n) is 2.52. The number of aromatic nitrogens is 1. The normalized spacial score (nSPS) is 13.2. The summed E-state index contributed by atoms with van der Waals surface area (Å²) >= 11 is 0.598. The average molecular weight is 238 g/mol. The average Bonchev–Trinajstić information content (AvgIpc) is 2.65. The molecular weight excluding hydrogens is 225 g/mol. The molecule has 1 heterocycles. The molecule has 0 radical (unpaired) electrons. The maximum Gasteiger partial charge on any atom is 0.443 e. The molecule has 0 atom stereocenters. The van der Waals surface area contributed by atoms with Crippen molar-refractivity contribution < 1.29 is 13.2 Å². The summed E-state index contributed by atoms with van der Waals surface area (Å²) in [6.45, 7) is 3.69. The van der Waals surface area contributed by atoms with Crippen LogP contribution in [-0.4, -0.2) is 4.98 Å². The number of nitrogens with two attached hydrogens (primary N) is 1. The molecule has 6 heteroatoms. The molecule has 0 aromatic carbocycles. The zero-order chi connectivity index (χ0) is 11.7. The quantitative estimate of drug-likeness (QED) is 0.878. The van der Waals surface area contributed by atoms with E-state index in [2.05, 4.69) is 4.98 Å². The van der Waals surface area contributed by atoms with Crippen LogP contribution in [0.1, 0.15) is 37.4 Å². The van der Waals surface area contributed by atoms with Gasteiger partial charge >= 0.3 is 6.18 Å². The highest BCUT2D eigenvalue weighted by molar-refractivity contribution is 7.09. The van der Waals surface area contributed by atoms with Gasteiger partial charge in [-0.05, 0) is 12.8 Å². The molecule has 0 unspecified atom stereocenters. The Hall–Kier alpha value is -0.620. The smallest absolute Gasteiger partial charge is 0.320 e. The molecule has 0 saturated heterocycles. The van der Waals surface area contributed by atoms with E-state index >= 15 is 0 Å². The summed E-state index contributed by atoms with van der Waals surface area (Å²) in [6.07, 6.45) is -3.22. The second kappa shape index (κ2) is 4.09. The minimum absolute atomic E-state index is 0.338. The number of nitrogens with zero attached hydrogens (tertiary/aromatic N) is 1. The van der Waals surface area contributed by atoms with Crippen LogP contribution in [0.15, 0.2) is 5.38 Å². The van der Waals surface area contributed by atoms with Crippen molar-refractivity contribution in [3.05, 3.63) is 16.1 Å². The van der Waals surface area contributed by atoms with Crippen LogP contribution >= 0.6 is 11.3 Å². The van der Waals surface area contributed by atoms with Gasteiger partial charge in [-0.3, -0.25) is 0 Å². The van der Waals surface area contributed by atoms with Gasteiger partial charge in [-0.2, -0.15) is 13.2 Å². The van der Waals surface area contributed by atoms with E-state index in [-0.39, 0.29) is 0 Å². The number of halogens is 3.